The second-order valence-corrected chi connectivity index (χ2v) is 4.43. The van der Waals surface area contributed by atoms with E-state index in [1.54, 1.807) is 18.2 Å². The quantitative estimate of drug-likeness (QED) is 0.522. The van der Waals surface area contributed by atoms with E-state index in [1.165, 1.54) is 6.33 Å². The number of benzene rings is 1. The summed E-state index contributed by atoms with van der Waals surface area (Å²) in [5, 5.41) is 10.1. The van der Waals surface area contributed by atoms with Crippen molar-refractivity contribution in [1.82, 2.24) is 25.1 Å². The second-order valence-electron chi connectivity index (χ2n) is 4.43. The standard InChI is InChI=1S/C12H13N7O/c1-6(10-14-5-15-19-10)16-12-17-9-3-2-7(13)4-8(9)11(20)18-12/h2-6H,13H2,1H3,(H,14,15,19)(H2,16,17,18,20). The molecule has 0 spiro atoms. The molecule has 0 aliphatic carbocycles. The summed E-state index contributed by atoms with van der Waals surface area (Å²) in [6.45, 7) is 1.88. The molecule has 0 aliphatic rings. The van der Waals surface area contributed by atoms with Crippen LogP contribution in [0.1, 0.15) is 18.8 Å². The van der Waals surface area contributed by atoms with E-state index in [0.717, 1.165) is 0 Å². The van der Waals surface area contributed by atoms with Gasteiger partial charge in [0.15, 0.2) is 0 Å². The van der Waals surface area contributed by atoms with E-state index in [-0.39, 0.29) is 11.6 Å². The maximum atomic E-state index is 12.0. The van der Waals surface area contributed by atoms with Crippen molar-refractivity contribution in [3.63, 3.8) is 0 Å². The zero-order valence-corrected chi connectivity index (χ0v) is 10.7. The summed E-state index contributed by atoms with van der Waals surface area (Å²) in [6, 6.07) is 4.86. The Balaban J connectivity index is 1.97. The van der Waals surface area contributed by atoms with Crippen LogP contribution >= 0.6 is 0 Å². The van der Waals surface area contributed by atoms with E-state index < -0.39 is 0 Å². The number of nitrogens with zero attached hydrogens (tertiary/aromatic N) is 3. The van der Waals surface area contributed by atoms with Crippen molar-refractivity contribution in [3.8, 4) is 0 Å². The Morgan fingerprint density at radius 3 is 3.00 bits per heavy atom. The van der Waals surface area contributed by atoms with Crippen LogP contribution in [-0.2, 0) is 0 Å². The topological polar surface area (TPSA) is 125 Å². The van der Waals surface area contributed by atoms with Gasteiger partial charge in [-0.25, -0.2) is 9.97 Å². The highest BCUT2D eigenvalue weighted by molar-refractivity contribution is 5.81. The minimum absolute atomic E-state index is 0.160. The zero-order valence-electron chi connectivity index (χ0n) is 10.7. The fourth-order valence-corrected chi connectivity index (χ4v) is 1.92. The van der Waals surface area contributed by atoms with Gasteiger partial charge in [0.25, 0.3) is 5.56 Å². The number of fused-ring (bicyclic) bond motifs is 1. The molecule has 0 radical (unpaired) electrons. The predicted molar refractivity (Wildman–Crippen MR) is 75.2 cm³/mol. The summed E-state index contributed by atoms with van der Waals surface area (Å²) in [4.78, 5) is 23.1. The van der Waals surface area contributed by atoms with E-state index in [4.69, 9.17) is 5.73 Å². The highest BCUT2D eigenvalue weighted by Crippen LogP contribution is 2.15. The molecular formula is C12H13N7O. The Hall–Kier alpha value is -2.90. The number of nitrogen functional groups attached to an aromatic ring is 1. The average Bonchev–Trinajstić information content (AvgIpc) is 2.94. The van der Waals surface area contributed by atoms with E-state index >= 15 is 0 Å². The van der Waals surface area contributed by atoms with E-state index in [1.807, 2.05) is 6.92 Å². The van der Waals surface area contributed by atoms with Gasteiger partial charge in [0.1, 0.15) is 12.2 Å². The minimum Gasteiger partial charge on any atom is -0.399 e. The molecule has 8 heteroatoms. The van der Waals surface area contributed by atoms with Gasteiger partial charge < -0.3 is 11.1 Å². The fraction of sp³-hybridized carbons (Fsp3) is 0.167. The van der Waals surface area contributed by atoms with Gasteiger partial charge in [-0.3, -0.25) is 14.9 Å². The molecule has 1 aromatic carbocycles. The van der Waals surface area contributed by atoms with Crippen molar-refractivity contribution < 1.29 is 0 Å². The molecular weight excluding hydrogens is 258 g/mol. The molecule has 0 saturated carbocycles. The second kappa shape index (κ2) is 4.65. The van der Waals surface area contributed by atoms with Crippen molar-refractivity contribution in [2.45, 2.75) is 13.0 Å². The number of hydrogen-bond donors (Lipinski definition) is 4. The molecule has 0 amide bonds. The highest BCUT2D eigenvalue weighted by atomic mass is 16.1. The fourth-order valence-electron chi connectivity index (χ4n) is 1.92. The Kier molecular flexibility index (Phi) is 2.82. The zero-order chi connectivity index (χ0) is 14.1. The lowest BCUT2D eigenvalue weighted by molar-refractivity contribution is 0.783. The lowest BCUT2D eigenvalue weighted by Gasteiger charge is -2.11. The van der Waals surface area contributed by atoms with Crippen LogP contribution in [0.3, 0.4) is 0 Å². The number of aromatic nitrogens is 5. The number of rotatable bonds is 3. The van der Waals surface area contributed by atoms with Crippen molar-refractivity contribution in [2.75, 3.05) is 11.1 Å². The first-order valence-corrected chi connectivity index (χ1v) is 6.05. The van der Waals surface area contributed by atoms with Crippen molar-refractivity contribution in [3.05, 3.63) is 40.7 Å². The minimum atomic E-state index is -0.241. The van der Waals surface area contributed by atoms with Crippen LogP contribution in [-0.4, -0.2) is 25.1 Å². The molecule has 20 heavy (non-hydrogen) atoms. The Morgan fingerprint density at radius 2 is 2.25 bits per heavy atom. The van der Waals surface area contributed by atoms with Crippen LogP contribution in [0.2, 0.25) is 0 Å². The summed E-state index contributed by atoms with van der Waals surface area (Å²) in [5.41, 5.74) is 6.53. The third kappa shape index (κ3) is 2.18. The number of hydrogen-bond acceptors (Lipinski definition) is 6. The number of nitrogens with one attached hydrogen (secondary N) is 3. The summed E-state index contributed by atoms with van der Waals surface area (Å²) in [7, 11) is 0. The molecule has 3 rings (SSSR count). The average molecular weight is 271 g/mol. The van der Waals surface area contributed by atoms with Crippen LogP contribution in [0.15, 0.2) is 29.3 Å². The van der Waals surface area contributed by atoms with Crippen molar-refractivity contribution >= 4 is 22.5 Å². The molecule has 3 aromatic rings. The molecule has 5 N–H and O–H groups in total. The normalized spacial score (nSPS) is 12.4. The number of anilines is 2. The van der Waals surface area contributed by atoms with E-state index in [0.29, 0.717) is 28.4 Å². The SMILES string of the molecule is CC(Nc1nc2ccc(N)cc2c(=O)[nH]1)c1ncn[nH]1. The Labute approximate surface area is 113 Å². The van der Waals surface area contributed by atoms with Gasteiger partial charge in [-0.15, -0.1) is 0 Å². The molecule has 8 nitrogen and oxygen atoms in total. The molecule has 0 fully saturated rings. The molecule has 102 valence electrons. The lowest BCUT2D eigenvalue weighted by Crippen LogP contribution is -2.16. The van der Waals surface area contributed by atoms with Gasteiger partial charge in [0, 0.05) is 5.69 Å². The van der Waals surface area contributed by atoms with Crippen LogP contribution in [0.4, 0.5) is 11.6 Å². The number of nitrogens with two attached hydrogens (primary N) is 1. The molecule has 2 heterocycles. The van der Waals surface area contributed by atoms with Gasteiger partial charge >= 0.3 is 0 Å². The maximum absolute atomic E-state index is 12.0. The van der Waals surface area contributed by atoms with Crippen molar-refractivity contribution in [1.29, 1.82) is 0 Å². The van der Waals surface area contributed by atoms with Gasteiger partial charge in [0.2, 0.25) is 5.95 Å². The molecule has 1 atom stereocenters. The monoisotopic (exact) mass is 271 g/mol. The molecule has 1 unspecified atom stereocenters. The molecule has 0 saturated heterocycles. The molecule has 0 bridgehead atoms. The van der Waals surface area contributed by atoms with Gasteiger partial charge in [-0.1, -0.05) is 0 Å². The molecule has 0 aliphatic heterocycles. The summed E-state index contributed by atoms with van der Waals surface area (Å²) >= 11 is 0. The third-order valence-corrected chi connectivity index (χ3v) is 2.93. The first kappa shape index (κ1) is 12.2. The first-order valence-electron chi connectivity index (χ1n) is 6.05. The number of H-pyrrole nitrogens is 2. The van der Waals surface area contributed by atoms with E-state index in [2.05, 4.69) is 30.5 Å². The van der Waals surface area contributed by atoms with E-state index in [9.17, 15) is 4.79 Å². The van der Waals surface area contributed by atoms with Crippen LogP contribution in [0.5, 0.6) is 0 Å². The van der Waals surface area contributed by atoms with Crippen LogP contribution < -0.4 is 16.6 Å². The molecule has 2 aromatic heterocycles. The van der Waals surface area contributed by atoms with Crippen LogP contribution in [0, 0.1) is 0 Å². The highest BCUT2D eigenvalue weighted by Gasteiger charge is 2.10. The van der Waals surface area contributed by atoms with Gasteiger partial charge in [0.05, 0.1) is 16.9 Å². The largest absolute Gasteiger partial charge is 0.399 e. The lowest BCUT2D eigenvalue weighted by atomic mass is 10.2. The summed E-state index contributed by atoms with van der Waals surface area (Å²) in [5.74, 6) is 1.03. The van der Waals surface area contributed by atoms with Crippen molar-refractivity contribution in [2.24, 2.45) is 0 Å². The Morgan fingerprint density at radius 1 is 1.40 bits per heavy atom. The third-order valence-electron chi connectivity index (χ3n) is 2.93. The van der Waals surface area contributed by atoms with Crippen LogP contribution in [0.25, 0.3) is 10.9 Å². The predicted octanol–water partition coefficient (Wildman–Crippen LogP) is 0.796. The van der Waals surface area contributed by atoms with Gasteiger partial charge in [-0.2, -0.15) is 5.10 Å². The Bertz CT molecular complexity index is 793. The smallest absolute Gasteiger partial charge is 0.260 e. The first-order chi connectivity index (χ1) is 9.63. The summed E-state index contributed by atoms with van der Waals surface area (Å²) < 4.78 is 0. The van der Waals surface area contributed by atoms with Gasteiger partial charge in [-0.05, 0) is 25.1 Å². The maximum Gasteiger partial charge on any atom is 0.260 e. The number of aromatic amines is 2. The summed E-state index contributed by atoms with van der Waals surface area (Å²) in [6.07, 6.45) is 1.42.